The van der Waals surface area contributed by atoms with E-state index in [2.05, 4.69) is 29.0 Å². The van der Waals surface area contributed by atoms with Gasteiger partial charge in [0, 0.05) is 0 Å². The first-order valence-corrected chi connectivity index (χ1v) is 12.3. The smallest absolute Gasteiger partial charge is 0.262 e. The van der Waals surface area contributed by atoms with Crippen LogP contribution in [0.15, 0.2) is 129 Å². The summed E-state index contributed by atoms with van der Waals surface area (Å²) < 4.78 is 28.9. The van der Waals surface area contributed by atoms with Crippen LogP contribution in [0, 0.1) is 6.92 Å². The maximum atomic E-state index is 13.1. The van der Waals surface area contributed by atoms with E-state index in [1.165, 1.54) is 0 Å². The number of benzene rings is 4. The molecule has 0 aliphatic rings. The Kier molecular flexibility index (Phi) is 5.93. The molecule has 30 heavy (non-hydrogen) atoms. The van der Waals surface area contributed by atoms with Gasteiger partial charge in [-0.3, -0.25) is 4.72 Å². The van der Waals surface area contributed by atoms with E-state index < -0.39 is 20.9 Å². The Morgan fingerprint density at radius 2 is 1.13 bits per heavy atom. The third-order valence-electron chi connectivity index (χ3n) is 4.64. The Morgan fingerprint density at radius 3 is 1.70 bits per heavy atom. The van der Waals surface area contributed by atoms with Gasteiger partial charge in [-0.2, -0.15) is 0 Å². The predicted molar refractivity (Wildman–Crippen MR) is 123 cm³/mol. The van der Waals surface area contributed by atoms with Crippen molar-refractivity contribution in [1.82, 2.24) is 0 Å². The van der Waals surface area contributed by atoms with Gasteiger partial charge in [0.15, 0.2) is 14.7 Å². The number of sulfonamides is 1. The van der Waals surface area contributed by atoms with Crippen LogP contribution in [0.1, 0.15) is 5.56 Å². The maximum Gasteiger partial charge on any atom is 0.262 e. The van der Waals surface area contributed by atoms with Crippen molar-refractivity contribution in [3.8, 4) is 0 Å². The molecule has 0 saturated heterocycles. The van der Waals surface area contributed by atoms with Crippen LogP contribution in [0.4, 0.5) is 5.69 Å². The van der Waals surface area contributed by atoms with Gasteiger partial charge in [0.1, 0.15) is 16.6 Å². The molecule has 5 heteroatoms. The number of hydrogen-bond acceptors (Lipinski definition) is 2. The Hall–Kier alpha value is -3.02. The zero-order valence-electron chi connectivity index (χ0n) is 16.5. The van der Waals surface area contributed by atoms with E-state index in [-0.39, 0.29) is 4.90 Å². The lowest BCUT2D eigenvalue weighted by Crippen LogP contribution is -2.16. The molecule has 0 amide bonds. The number of anilines is 1. The second kappa shape index (κ2) is 8.78. The topological polar surface area (TPSA) is 46.2 Å². The predicted octanol–water partition coefficient (Wildman–Crippen LogP) is 5.89. The Bertz CT molecular complexity index is 1180. The largest absolute Gasteiger partial charge is 0.275 e. The second-order valence-corrected chi connectivity index (χ2v) is 10.5. The molecule has 0 atom stereocenters. The van der Waals surface area contributed by atoms with Crippen LogP contribution in [-0.4, -0.2) is 8.42 Å². The molecule has 0 aliphatic heterocycles. The number of aryl methyl sites for hydroxylation is 1. The van der Waals surface area contributed by atoms with Crippen molar-refractivity contribution in [3.63, 3.8) is 0 Å². The van der Waals surface area contributed by atoms with Gasteiger partial charge in [0.25, 0.3) is 10.0 Å². The van der Waals surface area contributed by atoms with Gasteiger partial charge < -0.3 is 0 Å². The molecule has 0 aliphatic carbocycles. The zero-order valence-corrected chi connectivity index (χ0v) is 18.2. The molecule has 0 radical (unpaired) electrons. The molecule has 3 nitrogen and oxygen atoms in total. The molecular weight excluding hydrogens is 410 g/mol. The van der Waals surface area contributed by atoms with E-state index in [4.69, 9.17) is 0 Å². The normalized spacial score (nSPS) is 11.4. The zero-order chi connectivity index (χ0) is 21.0. The Labute approximate surface area is 180 Å². The second-order valence-electron chi connectivity index (χ2n) is 6.85. The van der Waals surface area contributed by atoms with Crippen LogP contribution >= 0.6 is 0 Å². The third-order valence-corrected chi connectivity index (χ3v) is 8.30. The summed E-state index contributed by atoms with van der Waals surface area (Å²) in [6.45, 7) is 1.94. The first kappa shape index (κ1) is 20.3. The van der Waals surface area contributed by atoms with Crippen LogP contribution < -0.4 is 4.72 Å². The molecule has 4 aromatic rings. The molecule has 0 heterocycles. The van der Waals surface area contributed by atoms with Gasteiger partial charge in [-0.15, -0.1) is 0 Å². The van der Waals surface area contributed by atoms with Crippen molar-refractivity contribution in [2.45, 2.75) is 26.5 Å². The van der Waals surface area contributed by atoms with Crippen LogP contribution in [0.5, 0.6) is 0 Å². The van der Waals surface area contributed by atoms with E-state index in [9.17, 15) is 8.42 Å². The average Bonchev–Trinajstić information content (AvgIpc) is 2.77. The fourth-order valence-electron chi connectivity index (χ4n) is 3.15. The van der Waals surface area contributed by atoms with Gasteiger partial charge in [0.2, 0.25) is 0 Å². The van der Waals surface area contributed by atoms with Crippen LogP contribution in [0.25, 0.3) is 0 Å². The standard InChI is InChI=1S/C25H22NO2S2/c1-20-16-18-23(19-17-20)30(27,28)26-24-14-8-9-15-25(24)29(21-10-4-2-5-11-21)22-12-6-3-7-13-22/h2-19,26H,1H3/q+1. The van der Waals surface area contributed by atoms with Crippen LogP contribution in [0.3, 0.4) is 0 Å². The first-order valence-electron chi connectivity index (χ1n) is 9.57. The van der Waals surface area contributed by atoms with Gasteiger partial charge >= 0.3 is 0 Å². The molecule has 0 saturated carbocycles. The molecule has 1 N–H and O–H groups in total. The van der Waals surface area contributed by atoms with Crippen molar-refractivity contribution in [2.75, 3.05) is 4.72 Å². The molecule has 0 unspecified atom stereocenters. The molecule has 150 valence electrons. The Balaban J connectivity index is 1.80. The minimum Gasteiger partial charge on any atom is -0.275 e. The summed E-state index contributed by atoms with van der Waals surface area (Å²) in [7, 11) is -4.14. The van der Waals surface area contributed by atoms with Gasteiger partial charge in [-0.1, -0.05) is 66.2 Å². The van der Waals surface area contributed by atoms with Crippen molar-refractivity contribution >= 4 is 26.6 Å². The quantitative estimate of drug-likeness (QED) is 0.386. The highest BCUT2D eigenvalue weighted by atomic mass is 32.2. The minimum absolute atomic E-state index is 0.252. The first-order chi connectivity index (χ1) is 14.5. The molecule has 4 aromatic carbocycles. The summed E-state index contributed by atoms with van der Waals surface area (Å²) in [6, 6.07) is 34.9. The number of para-hydroxylation sites is 1. The fraction of sp³-hybridized carbons (Fsp3) is 0.0400. The van der Waals surface area contributed by atoms with Gasteiger partial charge in [-0.25, -0.2) is 8.42 Å². The number of rotatable bonds is 6. The lowest BCUT2D eigenvalue weighted by molar-refractivity contribution is 0.601. The van der Waals surface area contributed by atoms with Crippen molar-refractivity contribution < 1.29 is 8.42 Å². The highest BCUT2D eigenvalue weighted by molar-refractivity contribution is 7.97. The molecule has 4 rings (SSSR count). The summed E-state index contributed by atoms with van der Waals surface area (Å²) in [4.78, 5) is 3.45. The molecule has 0 fully saturated rings. The molecule has 0 bridgehead atoms. The summed E-state index contributed by atoms with van der Waals surface area (Å²) in [5.41, 5.74) is 1.61. The molecule has 0 aromatic heterocycles. The maximum absolute atomic E-state index is 13.1. The Morgan fingerprint density at radius 1 is 0.633 bits per heavy atom. The summed E-state index contributed by atoms with van der Waals surface area (Å²) >= 11 is 0. The SMILES string of the molecule is Cc1ccc(S(=O)(=O)Nc2ccccc2[S+](c2ccccc2)c2ccccc2)cc1. The monoisotopic (exact) mass is 432 g/mol. The number of nitrogens with one attached hydrogen (secondary N) is 1. The molecule has 0 spiro atoms. The third kappa shape index (κ3) is 4.42. The highest BCUT2D eigenvalue weighted by Crippen LogP contribution is 2.36. The fourth-order valence-corrected chi connectivity index (χ4v) is 6.49. The summed E-state index contributed by atoms with van der Waals surface area (Å²) in [5, 5.41) is 0. The van der Waals surface area contributed by atoms with E-state index in [0.29, 0.717) is 5.69 Å². The van der Waals surface area contributed by atoms with Gasteiger partial charge in [-0.05, 0) is 55.5 Å². The van der Waals surface area contributed by atoms with Crippen LogP contribution in [-0.2, 0) is 20.9 Å². The minimum atomic E-state index is -3.70. The van der Waals surface area contributed by atoms with Crippen molar-refractivity contribution in [2.24, 2.45) is 0 Å². The summed E-state index contributed by atoms with van der Waals surface area (Å²) in [5.74, 6) is 0. The van der Waals surface area contributed by atoms with E-state index in [0.717, 1.165) is 20.2 Å². The van der Waals surface area contributed by atoms with Gasteiger partial charge in [0.05, 0.1) is 4.90 Å². The lowest BCUT2D eigenvalue weighted by atomic mass is 10.2. The van der Waals surface area contributed by atoms with Crippen LogP contribution in [0.2, 0.25) is 0 Å². The van der Waals surface area contributed by atoms with E-state index in [1.54, 1.807) is 24.3 Å². The van der Waals surface area contributed by atoms with E-state index >= 15 is 0 Å². The lowest BCUT2D eigenvalue weighted by Gasteiger charge is -2.14. The highest BCUT2D eigenvalue weighted by Gasteiger charge is 2.32. The van der Waals surface area contributed by atoms with E-state index in [1.807, 2.05) is 67.6 Å². The molecular formula is C25H22NO2S2+. The number of hydrogen-bond donors (Lipinski definition) is 1. The van der Waals surface area contributed by atoms with Crippen molar-refractivity contribution in [1.29, 1.82) is 0 Å². The summed E-state index contributed by atoms with van der Waals surface area (Å²) in [6.07, 6.45) is 0. The average molecular weight is 433 g/mol. The van der Waals surface area contributed by atoms with Crippen molar-refractivity contribution in [3.05, 3.63) is 115 Å².